The number of nitrogens with zero attached hydrogens (tertiary/aromatic N) is 1. The summed E-state index contributed by atoms with van der Waals surface area (Å²) in [5.74, 6) is 2.30. The smallest absolute Gasteiger partial charge is 0.169 e. The van der Waals surface area contributed by atoms with Crippen LogP contribution in [-0.4, -0.2) is 12.9 Å². The second kappa shape index (κ2) is 9.83. The summed E-state index contributed by atoms with van der Waals surface area (Å²) < 4.78 is 13.5. The lowest BCUT2D eigenvalue weighted by atomic mass is 10.1. The molecule has 0 aliphatic heterocycles. The van der Waals surface area contributed by atoms with Gasteiger partial charge in [0.15, 0.2) is 30.4 Å². The van der Waals surface area contributed by atoms with Gasteiger partial charge in [-0.3, -0.25) is 0 Å². The second-order valence-electron chi connectivity index (χ2n) is 6.11. The van der Waals surface area contributed by atoms with Gasteiger partial charge in [0, 0.05) is 17.9 Å². The van der Waals surface area contributed by atoms with E-state index in [1.807, 2.05) is 48.5 Å². The van der Waals surface area contributed by atoms with Crippen molar-refractivity contribution in [3.8, 4) is 11.5 Å². The van der Waals surface area contributed by atoms with Crippen molar-refractivity contribution >= 4 is 24.8 Å². The lowest BCUT2D eigenvalue weighted by Gasteiger charge is -2.11. The van der Waals surface area contributed by atoms with Crippen LogP contribution in [0.2, 0.25) is 0 Å². The molecule has 3 nitrogen and oxygen atoms in total. The molecule has 0 atom stereocenters. The van der Waals surface area contributed by atoms with E-state index in [4.69, 9.17) is 9.47 Å². The molecule has 0 radical (unpaired) electrons. The van der Waals surface area contributed by atoms with Crippen LogP contribution in [0.25, 0.3) is 12.2 Å². The highest BCUT2D eigenvalue weighted by molar-refractivity contribution is 7.80. The van der Waals surface area contributed by atoms with Crippen LogP contribution >= 0.6 is 12.6 Å². The fourth-order valence-electron chi connectivity index (χ4n) is 2.68. The third-order valence-corrected chi connectivity index (χ3v) is 4.37. The van der Waals surface area contributed by atoms with E-state index in [1.54, 1.807) is 7.11 Å². The monoisotopic (exact) mass is 378 g/mol. The first-order valence-corrected chi connectivity index (χ1v) is 9.54. The number of ether oxygens (including phenoxy) is 2. The molecule has 0 saturated heterocycles. The zero-order valence-electron chi connectivity index (χ0n) is 15.4. The first kappa shape index (κ1) is 19.1. The van der Waals surface area contributed by atoms with Crippen molar-refractivity contribution in [2.45, 2.75) is 13.2 Å². The van der Waals surface area contributed by atoms with Crippen LogP contribution < -0.4 is 14.0 Å². The molecule has 0 aliphatic carbocycles. The Morgan fingerprint density at radius 1 is 0.889 bits per heavy atom. The minimum atomic E-state index is 0.517. The van der Waals surface area contributed by atoms with E-state index < -0.39 is 0 Å². The molecule has 0 aliphatic rings. The Kier molecular flexibility index (Phi) is 6.94. The number of hydrogen-bond donors (Lipinski definition) is 1. The number of methoxy groups -OCH3 is 1. The topological polar surface area (TPSA) is 22.3 Å². The van der Waals surface area contributed by atoms with Gasteiger partial charge < -0.3 is 9.47 Å². The summed E-state index contributed by atoms with van der Waals surface area (Å²) in [7, 11) is 1.66. The van der Waals surface area contributed by atoms with Crippen molar-refractivity contribution in [2.24, 2.45) is 0 Å². The van der Waals surface area contributed by atoms with Gasteiger partial charge in [-0.25, -0.2) is 4.57 Å². The molecule has 0 N–H and O–H groups in total. The molecule has 138 valence electrons. The molecule has 27 heavy (non-hydrogen) atoms. The van der Waals surface area contributed by atoms with Crippen molar-refractivity contribution < 1.29 is 14.0 Å². The number of pyridine rings is 1. The summed E-state index contributed by atoms with van der Waals surface area (Å²) in [6.07, 6.45) is 8.29. The lowest BCUT2D eigenvalue weighted by molar-refractivity contribution is -0.692. The molecular weight excluding hydrogens is 354 g/mol. The van der Waals surface area contributed by atoms with Crippen molar-refractivity contribution in [1.82, 2.24) is 0 Å². The van der Waals surface area contributed by atoms with Crippen molar-refractivity contribution in [3.05, 3.63) is 89.7 Å². The van der Waals surface area contributed by atoms with Gasteiger partial charge in [0.2, 0.25) is 0 Å². The fraction of sp³-hybridized carbons (Fsp3) is 0.174. The van der Waals surface area contributed by atoms with E-state index >= 15 is 0 Å². The van der Waals surface area contributed by atoms with E-state index in [2.05, 4.69) is 53.9 Å². The minimum Gasteiger partial charge on any atom is -0.493 e. The number of benzene rings is 2. The second-order valence-corrected chi connectivity index (χ2v) is 6.56. The van der Waals surface area contributed by atoms with Gasteiger partial charge in [-0.15, -0.1) is 0 Å². The summed E-state index contributed by atoms with van der Waals surface area (Å²) in [6, 6.07) is 20.3. The largest absolute Gasteiger partial charge is 0.493 e. The van der Waals surface area contributed by atoms with Gasteiger partial charge >= 0.3 is 0 Å². The van der Waals surface area contributed by atoms with E-state index in [-0.39, 0.29) is 0 Å². The Hall–Kier alpha value is -2.72. The molecule has 0 unspecified atom stereocenters. The molecule has 3 aromatic rings. The number of aromatic nitrogens is 1. The maximum absolute atomic E-state index is 5.91. The number of rotatable bonds is 8. The van der Waals surface area contributed by atoms with E-state index in [0.29, 0.717) is 6.61 Å². The van der Waals surface area contributed by atoms with Crippen LogP contribution in [0.15, 0.2) is 73.1 Å². The highest BCUT2D eigenvalue weighted by atomic mass is 32.1. The predicted octanol–water partition coefficient (Wildman–Crippen LogP) is 4.66. The molecule has 2 aromatic carbocycles. The van der Waals surface area contributed by atoms with Gasteiger partial charge in [-0.05, 0) is 28.8 Å². The number of thiol groups is 1. The normalized spacial score (nSPS) is 10.9. The van der Waals surface area contributed by atoms with Crippen molar-refractivity contribution in [3.63, 3.8) is 0 Å². The molecule has 1 aromatic heterocycles. The Morgan fingerprint density at radius 2 is 1.63 bits per heavy atom. The summed E-state index contributed by atoms with van der Waals surface area (Å²) in [5.41, 5.74) is 3.34. The van der Waals surface area contributed by atoms with Crippen molar-refractivity contribution in [1.29, 1.82) is 0 Å². The highest BCUT2D eigenvalue weighted by Crippen LogP contribution is 2.29. The molecule has 4 heteroatoms. The van der Waals surface area contributed by atoms with E-state index in [9.17, 15) is 0 Å². The van der Waals surface area contributed by atoms with Gasteiger partial charge in [-0.1, -0.05) is 48.6 Å². The quantitative estimate of drug-likeness (QED) is 0.455. The van der Waals surface area contributed by atoms with Gasteiger partial charge in [0.05, 0.1) is 7.11 Å². The van der Waals surface area contributed by atoms with Crippen LogP contribution in [0.4, 0.5) is 0 Å². The first-order chi connectivity index (χ1) is 13.3. The predicted molar refractivity (Wildman–Crippen MR) is 113 cm³/mol. The van der Waals surface area contributed by atoms with Crippen LogP contribution in [0.1, 0.15) is 16.7 Å². The molecule has 0 saturated carbocycles. The lowest BCUT2D eigenvalue weighted by Crippen LogP contribution is -2.33. The number of hydrogen-bond acceptors (Lipinski definition) is 3. The number of aryl methyl sites for hydroxylation is 1. The molecule has 0 fully saturated rings. The average molecular weight is 379 g/mol. The van der Waals surface area contributed by atoms with E-state index in [1.165, 1.54) is 0 Å². The van der Waals surface area contributed by atoms with Crippen LogP contribution in [0, 0.1) is 0 Å². The molecule has 1 heterocycles. The Bertz CT molecular complexity index is 877. The molecule has 0 bridgehead atoms. The fourth-order valence-corrected chi connectivity index (χ4v) is 2.91. The van der Waals surface area contributed by atoms with Crippen molar-refractivity contribution in [2.75, 3.05) is 12.9 Å². The first-order valence-electron chi connectivity index (χ1n) is 8.91. The third kappa shape index (κ3) is 5.63. The summed E-state index contributed by atoms with van der Waals surface area (Å²) in [6.45, 7) is 1.43. The molecule has 3 rings (SSSR count). The van der Waals surface area contributed by atoms with Crippen LogP contribution in [0.5, 0.6) is 11.5 Å². The standard InChI is InChI=1S/C23H23NO2S/c1-25-23-17-20(8-7-19-11-13-24(14-12-19)15-16-27)9-10-22(23)26-18-21-5-3-2-4-6-21/h2-14,17H,15-16,18H2,1H3/p+1/b8-7+. The summed E-state index contributed by atoms with van der Waals surface area (Å²) >= 11 is 4.25. The van der Waals surface area contributed by atoms with E-state index in [0.717, 1.165) is 40.5 Å². The van der Waals surface area contributed by atoms with Gasteiger partial charge in [-0.2, -0.15) is 12.6 Å². The minimum absolute atomic E-state index is 0.517. The Labute approximate surface area is 166 Å². The highest BCUT2D eigenvalue weighted by Gasteiger charge is 2.05. The van der Waals surface area contributed by atoms with Crippen LogP contribution in [-0.2, 0) is 13.2 Å². The molecule has 0 spiro atoms. The third-order valence-electron chi connectivity index (χ3n) is 4.17. The van der Waals surface area contributed by atoms with Crippen LogP contribution in [0.3, 0.4) is 0 Å². The Balaban J connectivity index is 1.67. The SMILES string of the molecule is COc1cc(/C=C/c2cc[n+](CCS)cc2)ccc1OCc1ccccc1. The summed E-state index contributed by atoms with van der Waals surface area (Å²) in [5, 5.41) is 0. The van der Waals surface area contributed by atoms with Gasteiger partial charge in [0.1, 0.15) is 6.61 Å². The molecular formula is C23H24NO2S+. The zero-order chi connectivity index (χ0) is 18.9. The zero-order valence-corrected chi connectivity index (χ0v) is 16.3. The van der Waals surface area contributed by atoms with Gasteiger partial charge in [0.25, 0.3) is 0 Å². The maximum Gasteiger partial charge on any atom is 0.169 e. The maximum atomic E-state index is 5.91. The summed E-state index contributed by atoms with van der Waals surface area (Å²) in [4.78, 5) is 0. The Morgan fingerprint density at radius 3 is 2.33 bits per heavy atom. The average Bonchev–Trinajstić information content (AvgIpc) is 2.73. The molecule has 0 amide bonds.